The van der Waals surface area contributed by atoms with Crippen LogP contribution in [-0.4, -0.2) is 26.0 Å². The fourth-order valence-electron chi connectivity index (χ4n) is 0.301. The highest BCUT2D eigenvalue weighted by molar-refractivity contribution is 9.09. The lowest BCUT2D eigenvalue weighted by atomic mass is 10.4. The standard InChI is InChI=1S/C4H8BrFO2S/c5-4(3-6)1-2-9(7)8/h4H,1-3H2,(H,7,8)/p-1. The first kappa shape index (κ1) is 9.52. The van der Waals surface area contributed by atoms with Gasteiger partial charge in [0.1, 0.15) is 6.67 Å². The van der Waals surface area contributed by atoms with Crippen molar-refractivity contribution >= 4 is 27.0 Å². The SMILES string of the molecule is O=S([O-])CCC(Br)CF. The second kappa shape index (κ2) is 5.32. The summed E-state index contributed by atoms with van der Waals surface area (Å²) in [5.74, 6) is 0.0276. The molecule has 5 heteroatoms. The molecule has 0 aromatic heterocycles. The first-order valence-electron chi connectivity index (χ1n) is 2.42. The maximum absolute atomic E-state index is 11.6. The lowest BCUT2D eigenvalue weighted by molar-refractivity contribution is 0.478. The van der Waals surface area contributed by atoms with Gasteiger partial charge in [-0.2, -0.15) is 0 Å². The van der Waals surface area contributed by atoms with Crippen molar-refractivity contribution in [1.82, 2.24) is 0 Å². The Morgan fingerprint density at radius 2 is 2.33 bits per heavy atom. The van der Waals surface area contributed by atoms with Gasteiger partial charge in [-0.1, -0.05) is 27.0 Å². The van der Waals surface area contributed by atoms with Crippen LogP contribution in [0.3, 0.4) is 0 Å². The molecule has 0 spiro atoms. The van der Waals surface area contributed by atoms with Gasteiger partial charge in [-0.25, -0.2) is 4.39 Å². The Hall–Kier alpha value is 0.520. The van der Waals surface area contributed by atoms with Crippen LogP contribution in [0.25, 0.3) is 0 Å². The molecule has 2 nitrogen and oxygen atoms in total. The molecule has 0 radical (unpaired) electrons. The van der Waals surface area contributed by atoms with E-state index in [9.17, 15) is 13.2 Å². The third-order valence-electron chi connectivity index (χ3n) is 0.765. The number of rotatable bonds is 4. The topological polar surface area (TPSA) is 40.1 Å². The van der Waals surface area contributed by atoms with Crippen molar-refractivity contribution in [2.45, 2.75) is 11.2 Å². The molecule has 0 heterocycles. The monoisotopic (exact) mass is 217 g/mol. The largest absolute Gasteiger partial charge is 0.772 e. The van der Waals surface area contributed by atoms with Crippen LogP contribution in [0.2, 0.25) is 0 Å². The summed E-state index contributed by atoms with van der Waals surface area (Å²) in [5, 5.41) is 0. The van der Waals surface area contributed by atoms with Crippen molar-refractivity contribution in [2.75, 3.05) is 12.4 Å². The number of alkyl halides is 2. The highest BCUT2D eigenvalue weighted by Gasteiger charge is 2.00. The number of hydrogen-bond donors (Lipinski definition) is 0. The van der Waals surface area contributed by atoms with Crippen LogP contribution in [0.1, 0.15) is 6.42 Å². The molecule has 2 unspecified atom stereocenters. The van der Waals surface area contributed by atoms with E-state index in [1.807, 2.05) is 0 Å². The third kappa shape index (κ3) is 6.40. The summed E-state index contributed by atoms with van der Waals surface area (Å²) < 4.78 is 31.3. The molecule has 0 aliphatic rings. The third-order valence-corrected chi connectivity index (χ3v) is 2.04. The summed E-state index contributed by atoms with van der Waals surface area (Å²) in [6, 6.07) is 0. The second-order valence-corrected chi connectivity index (χ2v) is 3.86. The first-order valence-corrected chi connectivity index (χ1v) is 4.58. The highest BCUT2D eigenvalue weighted by atomic mass is 79.9. The van der Waals surface area contributed by atoms with Gasteiger partial charge in [0.05, 0.1) is 0 Å². The molecule has 56 valence electrons. The molecule has 0 aromatic rings. The molecule has 9 heavy (non-hydrogen) atoms. The molecule has 0 fully saturated rings. The minimum absolute atomic E-state index is 0.0276. The Morgan fingerprint density at radius 1 is 1.78 bits per heavy atom. The molecular weight excluding hydrogens is 211 g/mol. The molecule has 0 bridgehead atoms. The van der Waals surface area contributed by atoms with E-state index < -0.39 is 17.8 Å². The van der Waals surface area contributed by atoms with E-state index in [1.54, 1.807) is 0 Å². The van der Waals surface area contributed by atoms with Crippen molar-refractivity contribution in [3.63, 3.8) is 0 Å². The van der Waals surface area contributed by atoms with Gasteiger partial charge >= 0.3 is 0 Å². The summed E-state index contributed by atoms with van der Waals surface area (Å²) in [5.41, 5.74) is 0. The van der Waals surface area contributed by atoms with Crippen molar-refractivity contribution < 1.29 is 13.2 Å². The summed E-state index contributed by atoms with van der Waals surface area (Å²) >= 11 is 0.923. The fraction of sp³-hybridized carbons (Fsp3) is 1.00. The average molecular weight is 218 g/mol. The summed E-state index contributed by atoms with van der Waals surface area (Å²) in [4.78, 5) is -0.310. The molecule has 0 aliphatic heterocycles. The zero-order valence-electron chi connectivity index (χ0n) is 4.68. The molecule has 0 aliphatic carbocycles. The van der Waals surface area contributed by atoms with E-state index >= 15 is 0 Å². The Bertz CT molecular complexity index is 101. The van der Waals surface area contributed by atoms with Crippen molar-refractivity contribution in [3.05, 3.63) is 0 Å². The predicted octanol–water partition coefficient (Wildman–Crippen LogP) is 0.989. The lowest BCUT2D eigenvalue weighted by Gasteiger charge is -2.05. The van der Waals surface area contributed by atoms with E-state index in [4.69, 9.17) is 0 Å². The van der Waals surface area contributed by atoms with Crippen LogP contribution in [0.5, 0.6) is 0 Å². The lowest BCUT2D eigenvalue weighted by Crippen LogP contribution is -2.06. The van der Waals surface area contributed by atoms with E-state index in [0.717, 1.165) is 0 Å². The summed E-state index contributed by atoms with van der Waals surface area (Å²) in [6.07, 6.45) is 0.340. The highest BCUT2D eigenvalue weighted by Crippen LogP contribution is 2.05. The van der Waals surface area contributed by atoms with Crippen LogP contribution in [0.15, 0.2) is 0 Å². The van der Waals surface area contributed by atoms with Crippen LogP contribution in [-0.2, 0) is 11.1 Å². The molecular formula is C4H7BrFO2S-. The van der Waals surface area contributed by atoms with Crippen molar-refractivity contribution in [3.8, 4) is 0 Å². The maximum Gasteiger partial charge on any atom is 0.102 e. The van der Waals surface area contributed by atoms with Gasteiger partial charge in [0.25, 0.3) is 0 Å². The van der Waals surface area contributed by atoms with Gasteiger partial charge in [-0.3, -0.25) is 4.21 Å². The molecule has 0 saturated carbocycles. The quantitative estimate of drug-likeness (QED) is 0.521. The summed E-state index contributed by atoms with van der Waals surface area (Å²) in [6.45, 7) is -0.517. The van der Waals surface area contributed by atoms with Crippen molar-refractivity contribution in [1.29, 1.82) is 0 Å². The fourth-order valence-corrected chi connectivity index (χ4v) is 1.31. The van der Waals surface area contributed by atoms with Gasteiger partial charge in [0.15, 0.2) is 0 Å². The zero-order chi connectivity index (χ0) is 7.28. The molecule has 0 saturated heterocycles. The van der Waals surface area contributed by atoms with Gasteiger partial charge < -0.3 is 4.55 Å². The van der Waals surface area contributed by atoms with Gasteiger partial charge in [0, 0.05) is 10.6 Å². The zero-order valence-corrected chi connectivity index (χ0v) is 7.08. The number of halogens is 2. The second-order valence-electron chi connectivity index (χ2n) is 1.55. The van der Waals surface area contributed by atoms with Crippen molar-refractivity contribution in [2.24, 2.45) is 0 Å². The minimum atomic E-state index is -2.03. The van der Waals surface area contributed by atoms with E-state index in [1.165, 1.54) is 0 Å². The van der Waals surface area contributed by atoms with Gasteiger partial charge in [0.2, 0.25) is 0 Å². The molecule has 0 rings (SSSR count). The molecule has 0 N–H and O–H groups in total. The van der Waals surface area contributed by atoms with Crippen LogP contribution in [0.4, 0.5) is 4.39 Å². The Labute approximate surface area is 64.2 Å². The Morgan fingerprint density at radius 3 is 2.67 bits per heavy atom. The first-order chi connectivity index (χ1) is 4.16. The van der Waals surface area contributed by atoms with Crippen LogP contribution >= 0.6 is 15.9 Å². The van der Waals surface area contributed by atoms with E-state index in [2.05, 4.69) is 15.9 Å². The Balaban J connectivity index is 3.16. The molecule has 0 amide bonds. The Kier molecular flexibility index (Phi) is 5.62. The van der Waals surface area contributed by atoms with Gasteiger partial charge in [-0.05, 0) is 6.42 Å². The summed E-state index contributed by atoms with van der Waals surface area (Å²) in [7, 11) is 0. The van der Waals surface area contributed by atoms with Crippen LogP contribution < -0.4 is 0 Å². The van der Waals surface area contributed by atoms with E-state index in [0.29, 0.717) is 6.42 Å². The smallest absolute Gasteiger partial charge is 0.102 e. The molecule has 2 atom stereocenters. The van der Waals surface area contributed by atoms with E-state index in [-0.39, 0.29) is 10.6 Å². The number of hydrogen-bond acceptors (Lipinski definition) is 2. The minimum Gasteiger partial charge on any atom is -0.772 e. The average Bonchev–Trinajstić information content (AvgIpc) is 1.83. The van der Waals surface area contributed by atoms with Crippen LogP contribution in [0, 0.1) is 0 Å². The molecule has 0 aromatic carbocycles. The normalized spacial score (nSPS) is 17.2. The predicted molar refractivity (Wildman–Crippen MR) is 37.1 cm³/mol. The van der Waals surface area contributed by atoms with Gasteiger partial charge in [-0.15, -0.1) is 0 Å². The maximum atomic E-state index is 11.6.